The number of carbonyl (C=O) groups is 3. The summed E-state index contributed by atoms with van der Waals surface area (Å²) in [4.78, 5) is 36.7. The normalized spacial score (nSPS) is 23.5. The number of carboxylic acid groups (broad SMARTS) is 1. The highest BCUT2D eigenvalue weighted by atomic mass is 16.5. The van der Waals surface area contributed by atoms with E-state index in [0.717, 1.165) is 17.6 Å². The van der Waals surface area contributed by atoms with Gasteiger partial charge in [0, 0.05) is 11.5 Å². The first-order valence-electron chi connectivity index (χ1n) is 9.90. The summed E-state index contributed by atoms with van der Waals surface area (Å²) in [6.07, 6.45) is 1.98. The number of hydrogen-bond acceptors (Lipinski definition) is 4. The average molecular weight is 405 g/mol. The summed E-state index contributed by atoms with van der Waals surface area (Å²) in [6, 6.07) is 14.4. The van der Waals surface area contributed by atoms with Crippen LogP contribution in [-0.4, -0.2) is 29.6 Å². The molecule has 1 heterocycles. The lowest BCUT2D eigenvalue weighted by Gasteiger charge is -2.24. The minimum Gasteiger partial charge on any atom is -0.479 e. The molecule has 2 unspecified atom stereocenters. The van der Waals surface area contributed by atoms with Gasteiger partial charge in [0.25, 0.3) is 5.91 Å². The number of benzene rings is 2. The molecule has 0 radical (unpaired) electrons. The molecule has 0 aromatic heterocycles. The molecule has 2 aliphatic rings. The van der Waals surface area contributed by atoms with E-state index in [4.69, 9.17) is 4.74 Å². The minimum absolute atomic E-state index is 0.155. The quantitative estimate of drug-likeness (QED) is 0.568. The number of nitrogens with one attached hydrogen (secondary N) is 1. The van der Waals surface area contributed by atoms with Crippen LogP contribution in [0.4, 0.5) is 0 Å². The fourth-order valence-corrected chi connectivity index (χ4v) is 4.55. The van der Waals surface area contributed by atoms with Gasteiger partial charge in [0.05, 0.1) is 12.0 Å². The molecule has 4 rings (SSSR count). The Labute approximate surface area is 174 Å². The Bertz CT molecular complexity index is 998. The fraction of sp³-hybridized carbons (Fsp3) is 0.292. The van der Waals surface area contributed by atoms with Crippen molar-refractivity contribution in [3.8, 4) is 0 Å². The molecule has 2 aromatic carbocycles. The lowest BCUT2D eigenvalue weighted by atomic mass is 9.75. The molecule has 1 aliphatic carbocycles. The summed E-state index contributed by atoms with van der Waals surface area (Å²) in [7, 11) is 0. The van der Waals surface area contributed by atoms with Crippen molar-refractivity contribution in [1.29, 1.82) is 0 Å². The van der Waals surface area contributed by atoms with Gasteiger partial charge < -0.3 is 15.2 Å². The molecule has 6 heteroatoms. The maximum Gasteiger partial charge on any atom is 0.330 e. The highest BCUT2D eigenvalue weighted by molar-refractivity contribution is 5.96. The Morgan fingerprint density at radius 2 is 1.87 bits per heavy atom. The van der Waals surface area contributed by atoms with Gasteiger partial charge in [0.2, 0.25) is 0 Å². The number of carbonyl (C=O) groups excluding carboxylic acids is 2. The van der Waals surface area contributed by atoms with Gasteiger partial charge in [-0.25, -0.2) is 4.79 Å². The number of hydrogen-bond donors (Lipinski definition) is 2. The number of allylic oxidation sites excluding steroid dienone is 1. The molecule has 1 saturated heterocycles. The summed E-state index contributed by atoms with van der Waals surface area (Å²) in [5.41, 5.74) is 2.32. The van der Waals surface area contributed by atoms with Gasteiger partial charge in [0.1, 0.15) is 0 Å². The third kappa shape index (κ3) is 3.61. The zero-order valence-electron chi connectivity index (χ0n) is 16.5. The largest absolute Gasteiger partial charge is 0.479 e. The second-order valence-electron chi connectivity index (χ2n) is 8.11. The van der Waals surface area contributed by atoms with Crippen molar-refractivity contribution in [2.75, 3.05) is 6.61 Å². The number of cyclic esters (lactones) is 1. The monoisotopic (exact) mass is 405 g/mol. The molecule has 1 amide bonds. The zero-order chi connectivity index (χ0) is 21.3. The Morgan fingerprint density at radius 3 is 2.53 bits per heavy atom. The molecular weight excluding hydrogens is 382 g/mol. The van der Waals surface area contributed by atoms with E-state index in [2.05, 4.69) is 11.9 Å². The third-order valence-corrected chi connectivity index (χ3v) is 6.10. The van der Waals surface area contributed by atoms with E-state index < -0.39 is 23.3 Å². The van der Waals surface area contributed by atoms with Crippen molar-refractivity contribution >= 4 is 17.8 Å². The van der Waals surface area contributed by atoms with Crippen LogP contribution in [0.15, 0.2) is 66.7 Å². The first-order valence-corrected chi connectivity index (χ1v) is 9.90. The molecule has 0 bridgehead atoms. The van der Waals surface area contributed by atoms with Gasteiger partial charge in [-0.3, -0.25) is 9.59 Å². The summed E-state index contributed by atoms with van der Waals surface area (Å²) < 4.78 is 5.31. The maximum absolute atomic E-state index is 12.6. The Morgan fingerprint density at radius 1 is 1.17 bits per heavy atom. The van der Waals surface area contributed by atoms with Crippen LogP contribution in [0.3, 0.4) is 0 Å². The fourth-order valence-electron chi connectivity index (χ4n) is 4.55. The van der Waals surface area contributed by atoms with Gasteiger partial charge in [-0.05, 0) is 42.5 Å². The highest BCUT2D eigenvalue weighted by Crippen LogP contribution is 2.52. The average Bonchev–Trinajstić information content (AvgIpc) is 3.20. The van der Waals surface area contributed by atoms with Crippen LogP contribution in [0, 0.1) is 11.3 Å². The van der Waals surface area contributed by atoms with Crippen LogP contribution >= 0.6 is 0 Å². The van der Waals surface area contributed by atoms with Crippen LogP contribution in [-0.2, 0) is 20.7 Å². The number of carboxylic acids is 1. The van der Waals surface area contributed by atoms with E-state index in [-0.39, 0.29) is 11.9 Å². The van der Waals surface area contributed by atoms with Crippen molar-refractivity contribution in [2.24, 2.45) is 11.3 Å². The number of aliphatic carboxylic acids is 1. The first-order chi connectivity index (χ1) is 14.4. The summed E-state index contributed by atoms with van der Waals surface area (Å²) in [5.74, 6) is -1.61. The van der Waals surface area contributed by atoms with E-state index >= 15 is 0 Å². The summed E-state index contributed by atoms with van der Waals surface area (Å²) >= 11 is 0. The second kappa shape index (κ2) is 7.78. The van der Waals surface area contributed by atoms with E-state index in [0.29, 0.717) is 30.6 Å². The first kappa shape index (κ1) is 19.9. The van der Waals surface area contributed by atoms with Crippen molar-refractivity contribution < 1.29 is 24.2 Å². The predicted octanol–water partition coefficient (Wildman–Crippen LogP) is 3.29. The molecule has 1 aliphatic heterocycles. The van der Waals surface area contributed by atoms with Crippen LogP contribution in [0.2, 0.25) is 0 Å². The van der Waals surface area contributed by atoms with Crippen molar-refractivity contribution in [1.82, 2.24) is 5.32 Å². The lowest BCUT2D eigenvalue weighted by Crippen LogP contribution is -2.33. The predicted molar refractivity (Wildman–Crippen MR) is 110 cm³/mol. The van der Waals surface area contributed by atoms with E-state index in [1.54, 1.807) is 42.5 Å². The Balaban J connectivity index is 1.48. The maximum atomic E-state index is 12.6. The van der Waals surface area contributed by atoms with Gasteiger partial charge in [0.15, 0.2) is 6.04 Å². The van der Waals surface area contributed by atoms with E-state index in [9.17, 15) is 19.5 Å². The molecule has 0 spiro atoms. The lowest BCUT2D eigenvalue weighted by molar-refractivity contribution is -0.146. The van der Waals surface area contributed by atoms with Crippen LogP contribution in [0.5, 0.6) is 0 Å². The van der Waals surface area contributed by atoms with Gasteiger partial charge in [-0.1, -0.05) is 54.6 Å². The summed E-state index contributed by atoms with van der Waals surface area (Å²) in [5, 5.41) is 12.1. The molecule has 6 nitrogen and oxygen atoms in total. The molecule has 2 fully saturated rings. The number of amides is 1. The third-order valence-electron chi connectivity index (χ3n) is 6.10. The standard InChI is InChI=1S/C24H23NO5/c1-15-11-19-14-30-23(29)24(19,12-15)13-16-7-9-18(10-8-16)21(26)25-20(22(27)28)17-5-3-2-4-6-17/h2-10,19-20H,1,11-14H2,(H,25,26)(H,27,28)/t19?,20-,24?/m1/s1. The van der Waals surface area contributed by atoms with Crippen molar-refractivity contribution in [3.63, 3.8) is 0 Å². The topological polar surface area (TPSA) is 92.7 Å². The number of ether oxygens (including phenoxy) is 1. The number of esters is 1. The molecular formula is C24H23NO5. The van der Waals surface area contributed by atoms with Crippen LogP contribution < -0.4 is 5.32 Å². The highest BCUT2D eigenvalue weighted by Gasteiger charge is 2.55. The van der Waals surface area contributed by atoms with Gasteiger partial charge in [-0.15, -0.1) is 0 Å². The van der Waals surface area contributed by atoms with Gasteiger partial charge >= 0.3 is 11.9 Å². The van der Waals surface area contributed by atoms with Gasteiger partial charge in [-0.2, -0.15) is 0 Å². The van der Waals surface area contributed by atoms with Crippen LogP contribution in [0.25, 0.3) is 0 Å². The SMILES string of the molecule is C=C1CC2COC(=O)C2(Cc2ccc(C(=O)N[C@@H](C(=O)O)c3ccccc3)cc2)C1. The smallest absolute Gasteiger partial charge is 0.330 e. The second-order valence-corrected chi connectivity index (χ2v) is 8.11. The molecule has 3 atom stereocenters. The Kier molecular flexibility index (Phi) is 5.16. The van der Waals surface area contributed by atoms with E-state index in [1.807, 2.05) is 12.1 Å². The van der Waals surface area contributed by atoms with Crippen LogP contribution in [0.1, 0.15) is 40.4 Å². The molecule has 154 valence electrons. The Hall–Kier alpha value is -3.41. The minimum atomic E-state index is -1.13. The number of rotatable bonds is 6. The molecule has 2 aromatic rings. The number of fused-ring (bicyclic) bond motifs is 1. The molecule has 1 saturated carbocycles. The zero-order valence-corrected chi connectivity index (χ0v) is 16.5. The molecule has 2 N–H and O–H groups in total. The van der Waals surface area contributed by atoms with Crippen molar-refractivity contribution in [3.05, 3.63) is 83.4 Å². The molecule has 30 heavy (non-hydrogen) atoms. The van der Waals surface area contributed by atoms with Crippen molar-refractivity contribution in [2.45, 2.75) is 25.3 Å². The van der Waals surface area contributed by atoms with E-state index in [1.165, 1.54) is 0 Å². The summed E-state index contributed by atoms with van der Waals surface area (Å²) in [6.45, 7) is 4.49.